The maximum atomic E-state index is 5.87. The number of aromatic nitrogens is 2. The number of hydrogen-bond donors (Lipinski definition) is 0. The number of hydrogen-bond acceptors (Lipinski definition) is 4. The maximum Gasteiger partial charge on any atom is 0.159 e. The monoisotopic (exact) mass is 418 g/mol. The van der Waals surface area contributed by atoms with Crippen molar-refractivity contribution in [1.29, 1.82) is 0 Å². The van der Waals surface area contributed by atoms with Crippen LogP contribution in [0.3, 0.4) is 0 Å². The highest BCUT2D eigenvalue weighted by Crippen LogP contribution is 2.21. The molecule has 0 amide bonds. The van der Waals surface area contributed by atoms with E-state index in [4.69, 9.17) is 9.47 Å². The van der Waals surface area contributed by atoms with E-state index in [0.717, 1.165) is 29.9 Å². The first-order chi connectivity index (χ1) is 15.3. The van der Waals surface area contributed by atoms with Crippen LogP contribution in [0, 0.1) is 0 Å². The van der Waals surface area contributed by atoms with Crippen LogP contribution in [0.1, 0.15) is 63.9 Å². The quantitative estimate of drug-likeness (QED) is 0.259. The number of unbranched alkanes of at least 4 members (excludes halogenated alkanes) is 7. The van der Waals surface area contributed by atoms with E-state index in [1.54, 1.807) is 12.4 Å². The van der Waals surface area contributed by atoms with Crippen LogP contribution >= 0.6 is 0 Å². The fourth-order valence-electron chi connectivity index (χ4n) is 3.41. The van der Waals surface area contributed by atoms with Gasteiger partial charge < -0.3 is 9.47 Å². The first-order valence-corrected chi connectivity index (χ1v) is 11.6. The van der Waals surface area contributed by atoms with Crippen LogP contribution in [0.2, 0.25) is 0 Å². The van der Waals surface area contributed by atoms with E-state index in [2.05, 4.69) is 16.9 Å². The lowest BCUT2D eigenvalue weighted by Gasteiger charge is -2.08. The van der Waals surface area contributed by atoms with Gasteiger partial charge in [0, 0.05) is 5.56 Å². The molecule has 4 nitrogen and oxygen atoms in total. The summed E-state index contributed by atoms with van der Waals surface area (Å²) < 4.78 is 11.6. The van der Waals surface area contributed by atoms with Gasteiger partial charge in [0.2, 0.25) is 0 Å². The third kappa shape index (κ3) is 8.41. The first kappa shape index (κ1) is 22.8. The average molecular weight is 419 g/mol. The van der Waals surface area contributed by atoms with Crippen molar-refractivity contribution in [3.05, 3.63) is 72.6 Å². The molecule has 0 atom stereocenters. The minimum atomic E-state index is 0.508. The fourth-order valence-corrected chi connectivity index (χ4v) is 3.41. The second kappa shape index (κ2) is 13.4. The van der Waals surface area contributed by atoms with E-state index in [0.29, 0.717) is 18.2 Å². The molecule has 3 aromatic rings. The Morgan fingerprint density at radius 1 is 0.645 bits per heavy atom. The van der Waals surface area contributed by atoms with Crippen LogP contribution in [0.25, 0.3) is 11.4 Å². The van der Waals surface area contributed by atoms with E-state index in [1.807, 2.05) is 54.6 Å². The maximum absolute atomic E-state index is 5.87. The molecule has 0 radical (unpaired) electrons. The van der Waals surface area contributed by atoms with Crippen LogP contribution in [-0.4, -0.2) is 16.6 Å². The van der Waals surface area contributed by atoms with Crippen molar-refractivity contribution in [1.82, 2.24) is 9.97 Å². The number of nitrogens with zero attached hydrogens (tertiary/aromatic N) is 2. The topological polar surface area (TPSA) is 44.2 Å². The van der Waals surface area contributed by atoms with Crippen molar-refractivity contribution in [2.75, 3.05) is 6.61 Å². The van der Waals surface area contributed by atoms with Gasteiger partial charge in [-0.15, -0.1) is 0 Å². The van der Waals surface area contributed by atoms with Crippen molar-refractivity contribution < 1.29 is 9.47 Å². The lowest BCUT2D eigenvalue weighted by atomic mass is 10.1. The zero-order valence-corrected chi connectivity index (χ0v) is 18.6. The largest absolute Gasteiger partial charge is 0.494 e. The zero-order valence-electron chi connectivity index (χ0n) is 18.6. The van der Waals surface area contributed by atoms with Gasteiger partial charge in [-0.05, 0) is 36.2 Å². The highest BCUT2D eigenvalue weighted by molar-refractivity contribution is 5.56. The van der Waals surface area contributed by atoms with Gasteiger partial charge in [0.15, 0.2) is 11.6 Å². The zero-order chi connectivity index (χ0) is 21.6. The average Bonchev–Trinajstić information content (AvgIpc) is 2.83. The van der Waals surface area contributed by atoms with E-state index >= 15 is 0 Å². The number of benzene rings is 2. The fraction of sp³-hybridized carbons (Fsp3) is 0.407. The molecule has 0 spiro atoms. The molecule has 0 fully saturated rings. The standard InChI is InChI=1S/C27H34N2O2/c1-2-3-4-5-6-7-8-12-19-30-25-17-15-24(16-18-25)27-28-20-26(21-29-27)31-22-23-13-10-9-11-14-23/h9-11,13-18,20-21H,2-8,12,19,22H2,1H3. The van der Waals surface area contributed by atoms with Gasteiger partial charge in [-0.1, -0.05) is 82.2 Å². The van der Waals surface area contributed by atoms with Gasteiger partial charge in [0.05, 0.1) is 19.0 Å². The third-order valence-electron chi connectivity index (χ3n) is 5.26. The molecule has 0 saturated carbocycles. The number of rotatable bonds is 14. The van der Waals surface area contributed by atoms with Crippen LogP contribution in [0.15, 0.2) is 67.0 Å². The normalized spacial score (nSPS) is 10.7. The second-order valence-corrected chi connectivity index (χ2v) is 7.86. The minimum Gasteiger partial charge on any atom is -0.494 e. The molecule has 1 heterocycles. The van der Waals surface area contributed by atoms with E-state index in [-0.39, 0.29) is 0 Å². The smallest absolute Gasteiger partial charge is 0.159 e. The molecule has 164 valence electrons. The molecule has 31 heavy (non-hydrogen) atoms. The molecule has 1 aromatic heterocycles. The molecule has 0 aliphatic carbocycles. The molecule has 0 aliphatic rings. The molecule has 3 rings (SSSR count). The Labute approximate surface area is 186 Å². The van der Waals surface area contributed by atoms with Gasteiger partial charge in [0.25, 0.3) is 0 Å². The van der Waals surface area contributed by atoms with E-state index in [1.165, 1.54) is 44.9 Å². The summed E-state index contributed by atoms with van der Waals surface area (Å²) in [7, 11) is 0. The van der Waals surface area contributed by atoms with Crippen LogP contribution in [0.5, 0.6) is 11.5 Å². The SMILES string of the molecule is CCCCCCCCCCOc1ccc(-c2ncc(OCc3ccccc3)cn2)cc1. The summed E-state index contributed by atoms with van der Waals surface area (Å²) in [5.41, 5.74) is 2.09. The molecule has 0 unspecified atom stereocenters. The van der Waals surface area contributed by atoms with Crippen molar-refractivity contribution in [2.24, 2.45) is 0 Å². The van der Waals surface area contributed by atoms with Gasteiger partial charge in [-0.2, -0.15) is 0 Å². The van der Waals surface area contributed by atoms with E-state index in [9.17, 15) is 0 Å². The van der Waals surface area contributed by atoms with Crippen molar-refractivity contribution in [3.63, 3.8) is 0 Å². The summed E-state index contributed by atoms with van der Waals surface area (Å²) in [6, 6.07) is 18.1. The summed E-state index contributed by atoms with van der Waals surface area (Å²) in [4.78, 5) is 8.87. The Kier molecular flexibility index (Phi) is 9.88. The molecular weight excluding hydrogens is 384 g/mol. The van der Waals surface area contributed by atoms with Gasteiger partial charge in [-0.3, -0.25) is 0 Å². The summed E-state index contributed by atoms with van der Waals surface area (Å²) >= 11 is 0. The molecule has 0 bridgehead atoms. The van der Waals surface area contributed by atoms with Gasteiger partial charge >= 0.3 is 0 Å². The lowest BCUT2D eigenvalue weighted by molar-refractivity contribution is 0.303. The Bertz CT molecular complexity index is 849. The molecule has 2 aromatic carbocycles. The predicted molar refractivity (Wildman–Crippen MR) is 126 cm³/mol. The first-order valence-electron chi connectivity index (χ1n) is 11.6. The molecule has 0 saturated heterocycles. The highest BCUT2D eigenvalue weighted by Gasteiger charge is 2.04. The number of ether oxygens (including phenoxy) is 2. The Morgan fingerprint density at radius 3 is 1.97 bits per heavy atom. The molecule has 0 N–H and O–H groups in total. The van der Waals surface area contributed by atoms with Crippen molar-refractivity contribution in [2.45, 2.75) is 64.9 Å². The molecule has 4 heteroatoms. The predicted octanol–water partition coefficient (Wildman–Crippen LogP) is 7.24. The summed E-state index contributed by atoms with van der Waals surface area (Å²) in [6.07, 6.45) is 13.9. The highest BCUT2D eigenvalue weighted by atomic mass is 16.5. The summed E-state index contributed by atoms with van der Waals surface area (Å²) in [6.45, 7) is 3.54. The van der Waals surface area contributed by atoms with Crippen molar-refractivity contribution >= 4 is 0 Å². The summed E-state index contributed by atoms with van der Waals surface area (Å²) in [5, 5.41) is 0. The second-order valence-electron chi connectivity index (χ2n) is 7.86. The molecular formula is C27H34N2O2. The Hall–Kier alpha value is -2.88. The lowest BCUT2D eigenvalue weighted by Crippen LogP contribution is -1.98. The summed E-state index contributed by atoms with van der Waals surface area (Å²) in [5.74, 6) is 2.24. The molecule has 0 aliphatic heterocycles. The minimum absolute atomic E-state index is 0.508. The van der Waals surface area contributed by atoms with E-state index < -0.39 is 0 Å². The van der Waals surface area contributed by atoms with Gasteiger partial charge in [0.1, 0.15) is 12.4 Å². The van der Waals surface area contributed by atoms with Crippen LogP contribution < -0.4 is 9.47 Å². The Morgan fingerprint density at radius 2 is 1.29 bits per heavy atom. The third-order valence-corrected chi connectivity index (χ3v) is 5.26. The Balaban J connectivity index is 1.36. The van der Waals surface area contributed by atoms with Crippen LogP contribution in [-0.2, 0) is 6.61 Å². The van der Waals surface area contributed by atoms with Crippen LogP contribution in [0.4, 0.5) is 0 Å². The van der Waals surface area contributed by atoms with Crippen molar-refractivity contribution in [3.8, 4) is 22.9 Å². The van der Waals surface area contributed by atoms with Gasteiger partial charge in [-0.25, -0.2) is 9.97 Å².